The third kappa shape index (κ3) is 1.87. The Balaban J connectivity index is 1.84. The maximum absolute atomic E-state index is 11.9. The Kier molecular flexibility index (Phi) is 2.57. The van der Waals surface area contributed by atoms with Crippen LogP contribution in [0.25, 0.3) is 0 Å². The van der Waals surface area contributed by atoms with Crippen LogP contribution in [0.3, 0.4) is 0 Å². The van der Waals surface area contributed by atoms with Crippen LogP contribution in [-0.4, -0.2) is 12.8 Å². The fraction of sp³-hybridized carbons (Fsp3) is 0.0769. The monoisotopic (exact) mass is 260 g/mol. The van der Waals surface area contributed by atoms with Crippen LogP contribution in [0.5, 0.6) is 0 Å². The number of rotatable bonds is 3. The Morgan fingerprint density at radius 1 is 0.833 bits per heavy atom. The molecule has 2 aromatic rings. The number of anilines is 1. The minimum absolute atomic E-state index is 0.373. The van der Waals surface area contributed by atoms with Crippen LogP contribution in [0.4, 0.5) is 5.69 Å². The highest BCUT2D eigenvalue weighted by atomic mass is 32.2. The third-order valence-corrected chi connectivity index (χ3v) is 4.32. The van der Waals surface area contributed by atoms with Gasteiger partial charge in [-0.25, -0.2) is 0 Å². The largest absolute Gasteiger partial charge is 0.337 e. The SMILES string of the molecule is O=S1(=O)N(Cc2ccccc2)N1c1ccccc1. The second-order valence-corrected chi connectivity index (χ2v) is 5.72. The molecule has 1 heterocycles. The average Bonchev–Trinajstić information content (AvgIpc) is 2.93. The second-order valence-electron chi connectivity index (χ2n) is 4.05. The van der Waals surface area contributed by atoms with Gasteiger partial charge in [-0.2, -0.15) is 12.8 Å². The minimum atomic E-state index is -3.28. The van der Waals surface area contributed by atoms with Crippen molar-refractivity contribution >= 4 is 15.9 Å². The standard InChI is InChI=1S/C13H12N2O2S/c16-18(17)14(11-12-7-3-1-4-8-12)15(18)13-9-5-2-6-10-13/h1-10H,11H2. The average molecular weight is 260 g/mol. The van der Waals surface area contributed by atoms with Crippen LogP contribution in [0.15, 0.2) is 60.7 Å². The molecule has 5 heteroatoms. The first-order valence-corrected chi connectivity index (χ1v) is 7.01. The van der Waals surface area contributed by atoms with Crippen molar-refractivity contribution in [2.24, 2.45) is 0 Å². The van der Waals surface area contributed by atoms with Crippen molar-refractivity contribution in [3.8, 4) is 0 Å². The van der Waals surface area contributed by atoms with E-state index >= 15 is 0 Å². The van der Waals surface area contributed by atoms with E-state index in [9.17, 15) is 8.42 Å². The Labute approximate surface area is 106 Å². The van der Waals surface area contributed by atoms with E-state index < -0.39 is 10.2 Å². The van der Waals surface area contributed by atoms with Gasteiger partial charge >= 0.3 is 10.2 Å². The van der Waals surface area contributed by atoms with E-state index in [2.05, 4.69) is 0 Å². The molecular formula is C13H12N2O2S. The molecule has 1 unspecified atom stereocenters. The van der Waals surface area contributed by atoms with E-state index in [0.717, 1.165) is 5.56 Å². The van der Waals surface area contributed by atoms with Gasteiger partial charge < -0.3 is 0 Å². The predicted octanol–water partition coefficient (Wildman–Crippen LogP) is 2.17. The van der Waals surface area contributed by atoms with Crippen LogP contribution in [0.1, 0.15) is 5.56 Å². The molecule has 0 saturated carbocycles. The Bertz CT molecular complexity index is 641. The molecule has 3 rings (SSSR count). The molecule has 0 radical (unpaired) electrons. The van der Waals surface area contributed by atoms with Crippen LogP contribution in [-0.2, 0) is 16.8 Å². The number of hydrogen-bond donors (Lipinski definition) is 0. The van der Waals surface area contributed by atoms with Crippen molar-refractivity contribution in [3.05, 3.63) is 66.2 Å². The van der Waals surface area contributed by atoms with Gasteiger partial charge in [-0.05, 0) is 17.7 Å². The van der Waals surface area contributed by atoms with Gasteiger partial charge in [0.15, 0.2) is 0 Å². The van der Waals surface area contributed by atoms with E-state index in [0.29, 0.717) is 12.2 Å². The lowest BCUT2D eigenvalue weighted by Gasteiger charge is -2.01. The molecule has 92 valence electrons. The van der Waals surface area contributed by atoms with Crippen LogP contribution in [0.2, 0.25) is 0 Å². The van der Waals surface area contributed by atoms with E-state index in [1.54, 1.807) is 12.1 Å². The van der Waals surface area contributed by atoms with Crippen LogP contribution < -0.4 is 4.41 Å². The summed E-state index contributed by atoms with van der Waals surface area (Å²) >= 11 is 0. The van der Waals surface area contributed by atoms with Crippen molar-refractivity contribution in [3.63, 3.8) is 0 Å². The molecule has 18 heavy (non-hydrogen) atoms. The summed E-state index contributed by atoms with van der Waals surface area (Å²) in [4.78, 5) is 0. The van der Waals surface area contributed by atoms with E-state index in [1.807, 2.05) is 48.5 Å². The molecule has 0 aromatic heterocycles. The van der Waals surface area contributed by atoms with E-state index in [-0.39, 0.29) is 0 Å². The molecule has 4 nitrogen and oxygen atoms in total. The summed E-state index contributed by atoms with van der Waals surface area (Å²) in [5.74, 6) is 0. The molecule has 0 aliphatic carbocycles. The minimum Gasteiger partial charge on any atom is -0.186 e. The Morgan fingerprint density at radius 2 is 1.39 bits per heavy atom. The molecule has 0 bridgehead atoms. The number of para-hydroxylation sites is 1. The fourth-order valence-corrected chi connectivity index (χ4v) is 3.26. The molecule has 2 aromatic carbocycles. The van der Waals surface area contributed by atoms with Crippen molar-refractivity contribution < 1.29 is 8.42 Å². The zero-order chi connectivity index (χ0) is 12.6. The van der Waals surface area contributed by atoms with Gasteiger partial charge in [0.25, 0.3) is 0 Å². The highest BCUT2D eigenvalue weighted by Crippen LogP contribution is 2.36. The number of hydrogen-bond acceptors (Lipinski definition) is 2. The summed E-state index contributed by atoms with van der Waals surface area (Å²) in [6.07, 6.45) is 0. The van der Waals surface area contributed by atoms with Crippen LogP contribution in [0, 0.1) is 0 Å². The first kappa shape index (κ1) is 11.3. The van der Waals surface area contributed by atoms with E-state index in [4.69, 9.17) is 0 Å². The van der Waals surface area contributed by atoms with E-state index in [1.165, 1.54) is 8.83 Å². The number of benzene rings is 2. The zero-order valence-corrected chi connectivity index (χ0v) is 10.4. The van der Waals surface area contributed by atoms with Crippen molar-refractivity contribution in [2.45, 2.75) is 6.54 Å². The smallest absolute Gasteiger partial charge is 0.186 e. The summed E-state index contributed by atoms with van der Waals surface area (Å²) in [6, 6.07) is 18.6. The lowest BCUT2D eigenvalue weighted by molar-refractivity contribution is 0.549. The van der Waals surface area contributed by atoms with Gasteiger partial charge in [-0.1, -0.05) is 52.9 Å². The van der Waals surface area contributed by atoms with Crippen molar-refractivity contribution in [2.75, 3.05) is 4.41 Å². The van der Waals surface area contributed by atoms with Gasteiger partial charge in [-0.3, -0.25) is 0 Å². The summed E-state index contributed by atoms with van der Waals surface area (Å²) in [7, 11) is -3.28. The first-order valence-electron chi connectivity index (χ1n) is 5.61. The van der Waals surface area contributed by atoms with Crippen molar-refractivity contribution in [1.29, 1.82) is 0 Å². The quantitative estimate of drug-likeness (QED) is 0.793. The molecule has 1 aliphatic heterocycles. The molecule has 1 saturated heterocycles. The van der Waals surface area contributed by atoms with Gasteiger partial charge in [0.05, 0.1) is 12.2 Å². The lowest BCUT2D eigenvalue weighted by Crippen LogP contribution is -2.05. The Morgan fingerprint density at radius 3 is 2.00 bits per heavy atom. The van der Waals surface area contributed by atoms with Gasteiger partial charge in [0.2, 0.25) is 0 Å². The highest BCUT2D eigenvalue weighted by Gasteiger charge is 2.52. The topological polar surface area (TPSA) is 40.2 Å². The molecule has 1 atom stereocenters. The number of hydrazine groups is 1. The van der Waals surface area contributed by atoms with Gasteiger partial charge in [-0.15, -0.1) is 0 Å². The summed E-state index contributed by atoms with van der Waals surface area (Å²) in [6.45, 7) is 0.373. The summed E-state index contributed by atoms with van der Waals surface area (Å²) in [5.41, 5.74) is 1.65. The summed E-state index contributed by atoms with van der Waals surface area (Å²) < 4.78 is 26.4. The normalized spacial score (nSPS) is 20.7. The number of nitrogens with zero attached hydrogens (tertiary/aromatic N) is 2. The predicted molar refractivity (Wildman–Crippen MR) is 69.8 cm³/mol. The van der Waals surface area contributed by atoms with Gasteiger partial charge in [0.1, 0.15) is 0 Å². The lowest BCUT2D eigenvalue weighted by atomic mass is 10.2. The van der Waals surface area contributed by atoms with Crippen LogP contribution >= 0.6 is 0 Å². The van der Waals surface area contributed by atoms with Crippen molar-refractivity contribution in [1.82, 2.24) is 4.41 Å². The Hall–Kier alpha value is -1.85. The third-order valence-electron chi connectivity index (χ3n) is 2.80. The van der Waals surface area contributed by atoms with Gasteiger partial charge in [0, 0.05) is 0 Å². The zero-order valence-electron chi connectivity index (χ0n) is 9.60. The molecular weight excluding hydrogens is 248 g/mol. The maximum atomic E-state index is 11.9. The second kappa shape index (κ2) is 4.12. The fourth-order valence-electron chi connectivity index (χ4n) is 1.88. The highest BCUT2D eigenvalue weighted by molar-refractivity contribution is 7.96. The molecule has 1 aliphatic rings. The molecule has 1 fully saturated rings. The molecule has 0 N–H and O–H groups in total. The summed E-state index contributed by atoms with van der Waals surface area (Å²) in [5, 5.41) is 0. The molecule has 0 amide bonds. The molecule has 0 spiro atoms. The first-order chi connectivity index (χ1) is 8.69. The maximum Gasteiger partial charge on any atom is 0.337 e.